The minimum atomic E-state index is -0.139. The summed E-state index contributed by atoms with van der Waals surface area (Å²) < 4.78 is 13.2. The largest absolute Gasteiger partial charge is 0.310 e. The Labute approximate surface area is 98.1 Å². The number of aryl methyl sites for hydroxylation is 1. The van der Waals surface area contributed by atoms with Gasteiger partial charge in [0.1, 0.15) is 5.82 Å². The zero-order chi connectivity index (χ0) is 12.0. The van der Waals surface area contributed by atoms with Crippen LogP contribution in [-0.2, 0) is 0 Å². The third-order valence-corrected chi connectivity index (χ3v) is 2.91. The molecular weight excluding hydrogens is 201 g/mol. The zero-order valence-electron chi connectivity index (χ0n) is 10.5. The Kier molecular flexibility index (Phi) is 5.47. The maximum absolute atomic E-state index is 13.2. The van der Waals surface area contributed by atoms with Crippen molar-refractivity contribution in [3.05, 3.63) is 35.1 Å². The third kappa shape index (κ3) is 3.60. The van der Waals surface area contributed by atoms with Gasteiger partial charge in [-0.25, -0.2) is 4.39 Å². The molecule has 1 aromatic rings. The van der Waals surface area contributed by atoms with Gasteiger partial charge in [-0.1, -0.05) is 32.8 Å². The minimum absolute atomic E-state index is 0.139. The van der Waals surface area contributed by atoms with E-state index in [0.29, 0.717) is 6.04 Å². The van der Waals surface area contributed by atoms with E-state index in [9.17, 15) is 4.39 Å². The van der Waals surface area contributed by atoms with Crippen molar-refractivity contribution in [2.75, 3.05) is 6.54 Å². The highest BCUT2D eigenvalue weighted by Gasteiger charge is 2.12. The first-order valence-electron chi connectivity index (χ1n) is 6.18. The molecule has 0 bridgehead atoms. The lowest BCUT2D eigenvalue weighted by atomic mass is 9.97. The van der Waals surface area contributed by atoms with E-state index in [1.165, 1.54) is 24.5 Å². The van der Waals surface area contributed by atoms with Gasteiger partial charge >= 0.3 is 0 Å². The molecule has 2 heteroatoms. The molecule has 0 aliphatic rings. The number of unbranched alkanes of at least 4 members (excludes halogenated alkanes) is 1. The van der Waals surface area contributed by atoms with E-state index in [4.69, 9.17) is 0 Å². The molecule has 0 amide bonds. The molecule has 1 atom stereocenters. The van der Waals surface area contributed by atoms with E-state index >= 15 is 0 Å². The topological polar surface area (TPSA) is 12.0 Å². The van der Waals surface area contributed by atoms with E-state index < -0.39 is 0 Å². The molecule has 0 aliphatic carbocycles. The molecule has 1 nitrogen and oxygen atoms in total. The van der Waals surface area contributed by atoms with Crippen LogP contribution in [0.3, 0.4) is 0 Å². The standard InChI is InChI=1S/C14H22FN/c1-4-6-7-14(16-5-2)13-10-12(15)9-8-11(13)3/h8-10,14,16H,4-7H2,1-3H3. The van der Waals surface area contributed by atoms with Gasteiger partial charge < -0.3 is 5.32 Å². The molecule has 0 fully saturated rings. The molecular formula is C14H22FN. The second kappa shape index (κ2) is 6.64. The average Bonchev–Trinajstić information content (AvgIpc) is 2.28. The molecule has 1 aromatic carbocycles. The Morgan fingerprint density at radius 1 is 1.31 bits per heavy atom. The molecule has 0 aromatic heterocycles. The summed E-state index contributed by atoms with van der Waals surface area (Å²) in [5, 5.41) is 3.44. The summed E-state index contributed by atoms with van der Waals surface area (Å²) in [5.74, 6) is -0.139. The van der Waals surface area contributed by atoms with Gasteiger partial charge in [-0.15, -0.1) is 0 Å². The molecule has 0 radical (unpaired) electrons. The van der Waals surface area contributed by atoms with Crippen molar-refractivity contribution in [3.8, 4) is 0 Å². The van der Waals surface area contributed by atoms with Crippen molar-refractivity contribution in [2.45, 2.75) is 46.1 Å². The fourth-order valence-electron chi connectivity index (χ4n) is 2.01. The van der Waals surface area contributed by atoms with Crippen LogP contribution in [0.25, 0.3) is 0 Å². The second-order valence-electron chi connectivity index (χ2n) is 4.25. The summed E-state index contributed by atoms with van der Waals surface area (Å²) in [6.07, 6.45) is 3.43. The first kappa shape index (κ1) is 13.2. The average molecular weight is 223 g/mol. The normalized spacial score (nSPS) is 12.8. The minimum Gasteiger partial charge on any atom is -0.310 e. The zero-order valence-corrected chi connectivity index (χ0v) is 10.5. The number of halogens is 1. The van der Waals surface area contributed by atoms with Crippen molar-refractivity contribution in [3.63, 3.8) is 0 Å². The summed E-state index contributed by atoms with van der Waals surface area (Å²) in [4.78, 5) is 0. The summed E-state index contributed by atoms with van der Waals surface area (Å²) in [6, 6.07) is 5.35. The van der Waals surface area contributed by atoms with E-state index in [-0.39, 0.29) is 5.82 Å². The van der Waals surface area contributed by atoms with Crippen molar-refractivity contribution in [2.24, 2.45) is 0 Å². The summed E-state index contributed by atoms with van der Waals surface area (Å²) in [6.45, 7) is 7.24. The Bertz CT molecular complexity index is 323. The summed E-state index contributed by atoms with van der Waals surface area (Å²) in [7, 11) is 0. The molecule has 90 valence electrons. The maximum atomic E-state index is 13.2. The molecule has 0 heterocycles. The Hall–Kier alpha value is -0.890. The first-order chi connectivity index (χ1) is 7.69. The molecule has 16 heavy (non-hydrogen) atoms. The van der Waals surface area contributed by atoms with Crippen molar-refractivity contribution in [1.82, 2.24) is 5.32 Å². The van der Waals surface area contributed by atoms with Gasteiger partial charge in [0.2, 0.25) is 0 Å². The van der Waals surface area contributed by atoms with E-state index in [1.807, 2.05) is 13.0 Å². The first-order valence-corrected chi connectivity index (χ1v) is 6.18. The van der Waals surface area contributed by atoms with Crippen LogP contribution in [0.5, 0.6) is 0 Å². The van der Waals surface area contributed by atoms with Gasteiger partial charge in [0.25, 0.3) is 0 Å². The lowest BCUT2D eigenvalue weighted by molar-refractivity contribution is 0.489. The number of rotatable bonds is 6. The number of hydrogen-bond acceptors (Lipinski definition) is 1. The quantitative estimate of drug-likeness (QED) is 0.769. The smallest absolute Gasteiger partial charge is 0.123 e. The Morgan fingerprint density at radius 3 is 2.69 bits per heavy atom. The van der Waals surface area contributed by atoms with Crippen LogP contribution in [-0.4, -0.2) is 6.54 Å². The number of hydrogen-bond donors (Lipinski definition) is 1. The van der Waals surface area contributed by atoms with E-state index in [1.54, 1.807) is 6.07 Å². The van der Waals surface area contributed by atoms with Crippen LogP contribution < -0.4 is 5.32 Å². The van der Waals surface area contributed by atoms with Crippen LogP contribution in [0.15, 0.2) is 18.2 Å². The summed E-state index contributed by atoms with van der Waals surface area (Å²) in [5.41, 5.74) is 2.28. The van der Waals surface area contributed by atoms with Crippen LogP contribution in [0.4, 0.5) is 4.39 Å². The van der Waals surface area contributed by atoms with Crippen LogP contribution in [0.1, 0.15) is 50.3 Å². The predicted octanol–water partition coefficient (Wildman–Crippen LogP) is 3.97. The third-order valence-electron chi connectivity index (χ3n) is 2.91. The lowest BCUT2D eigenvalue weighted by Gasteiger charge is -2.20. The van der Waals surface area contributed by atoms with Gasteiger partial charge in [0, 0.05) is 6.04 Å². The Balaban J connectivity index is 2.85. The number of nitrogens with one attached hydrogen (secondary N) is 1. The van der Waals surface area contributed by atoms with Gasteiger partial charge in [-0.05, 0) is 43.1 Å². The molecule has 0 spiro atoms. The highest BCUT2D eigenvalue weighted by Crippen LogP contribution is 2.23. The van der Waals surface area contributed by atoms with Gasteiger partial charge in [0.15, 0.2) is 0 Å². The van der Waals surface area contributed by atoms with Crippen molar-refractivity contribution >= 4 is 0 Å². The summed E-state index contributed by atoms with van der Waals surface area (Å²) >= 11 is 0. The van der Waals surface area contributed by atoms with Crippen molar-refractivity contribution < 1.29 is 4.39 Å². The molecule has 0 aliphatic heterocycles. The van der Waals surface area contributed by atoms with Gasteiger partial charge in [-0.3, -0.25) is 0 Å². The van der Waals surface area contributed by atoms with Crippen molar-refractivity contribution in [1.29, 1.82) is 0 Å². The lowest BCUT2D eigenvalue weighted by Crippen LogP contribution is -2.21. The molecule has 1 unspecified atom stereocenters. The predicted molar refractivity (Wildman–Crippen MR) is 67.1 cm³/mol. The van der Waals surface area contributed by atoms with Crippen LogP contribution in [0, 0.1) is 12.7 Å². The maximum Gasteiger partial charge on any atom is 0.123 e. The fraction of sp³-hybridized carbons (Fsp3) is 0.571. The second-order valence-corrected chi connectivity index (χ2v) is 4.25. The van der Waals surface area contributed by atoms with Crippen LogP contribution >= 0.6 is 0 Å². The van der Waals surface area contributed by atoms with Gasteiger partial charge in [0.05, 0.1) is 0 Å². The van der Waals surface area contributed by atoms with Gasteiger partial charge in [-0.2, -0.15) is 0 Å². The highest BCUT2D eigenvalue weighted by molar-refractivity contribution is 5.29. The monoisotopic (exact) mass is 223 g/mol. The number of benzene rings is 1. The Morgan fingerprint density at radius 2 is 2.06 bits per heavy atom. The van der Waals surface area contributed by atoms with Crippen LogP contribution in [0.2, 0.25) is 0 Å². The fourth-order valence-corrected chi connectivity index (χ4v) is 2.01. The molecule has 0 saturated heterocycles. The van der Waals surface area contributed by atoms with E-state index in [2.05, 4.69) is 19.2 Å². The molecule has 1 rings (SSSR count). The van der Waals surface area contributed by atoms with E-state index in [0.717, 1.165) is 18.5 Å². The molecule has 0 saturated carbocycles. The SMILES string of the molecule is CCCCC(NCC)c1cc(F)ccc1C. The molecule has 1 N–H and O–H groups in total. The highest BCUT2D eigenvalue weighted by atomic mass is 19.1.